The first-order chi connectivity index (χ1) is 9.72. The van der Waals surface area contributed by atoms with Crippen molar-refractivity contribution in [1.29, 1.82) is 0 Å². The summed E-state index contributed by atoms with van der Waals surface area (Å²) in [5.74, 6) is -0.0445. The molecule has 1 aliphatic heterocycles. The summed E-state index contributed by atoms with van der Waals surface area (Å²) in [6, 6.07) is 2.09. The molecule has 3 heterocycles. The van der Waals surface area contributed by atoms with E-state index in [1.807, 2.05) is 24.6 Å². The van der Waals surface area contributed by atoms with E-state index in [0.717, 1.165) is 42.2 Å². The Hall–Kier alpha value is -1.66. The number of H-pyrrole nitrogens is 1. The summed E-state index contributed by atoms with van der Waals surface area (Å²) in [6.07, 6.45) is 3.99. The third kappa shape index (κ3) is 2.91. The molecule has 20 heavy (non-hydrogen) atoms. The number of aryl methyl sites for hydroxylation is 1. The Labute approximate surface area is 121 Å². The van der Waals surface area contributed by atoms with E-state index in [-0.39, 0.29) is 11.9 Å². The molecule has 1 atom stereocenters. The molecule has 6 heteroatoms. The molecular weight excluding hydrogens is 272 g/mol. The van der Waals surface area contributed by atoms with Crippen LogP contribution in [0.15, 0.2) is 17.6 Å². The lowest BCUT2D eigenvalue weighted by molar-refractivity contribution is 0.0926. The summed E-state index contributed by atoms with van der Waals surface area (Å²) in [5.41, 5.74) is 2.47. The van der Waals surface area contributed by atoms with Gasteiger partial charge in [0.25, 0.3) is 5.91 Å². The molecule has 0 saturated carbocycles. The Morgan fingerprint density at radius 3 is 3.15 bits per heavy atom. The average Bonchev–Trinajstić information content (AvgIpc) is 3.08. The van der Waals surface area contributed by atoms with Crippen molar-refractivity contribution in [2.24, 2.45) is 0 Å². The fourth-order valence-corrected chi connectivity index (χ4v) is 3.03. The summed E-state index contributed by atoms with van der Waals surface area (Å²) >= 11 is 1.61. The van der Waals surface area contributed by atoms with Crippen LogP contribution in [0.4, 0.5) is 0 Å². The Morgan fingerprint density at radius 1 is 1.55 bits per heavy atom. The van der Waals surface area contributed by atoms with Gasteiger partial charge >= 0.3 is 0 Å². The molecule has 1 amide bonds. The second-order valence-electron chi connectivity index (χ2n) is 5.07. The Bertz CT molecular complexity index is 598. The highest BCUT2D eigenvalue weighted by molar-refractivity contribution is 7.09. The van der Waals surface area contributed by atoms with Gasteiger partial charge in [0, 0.05) is 29.7 Å². The Morgan fingerprint density at radius 2 is 2.45 bits per heavy atom. The summed E-state index contributed by atoms with van der Waals surface area (Å²) in [7, 11) is 0. The van der Waals surface area contributed by atoms with Crippen LogP contribution in [0.1, 0.15) is 28.3 Å². The van der Waals surface area contributed by atoms with Gasteiger partial charge in [-0.25, -0.2) is 4.98 Å². The second-order valence-corrected chi connectivity index (χ2v) is 6.13. The van der Waals surface area contributed by atoms with Crippen LogP contribution in [0, 0.1) is 6.92 Å². The first-order valence-electron chi connectivity index (χ1n) is 6.85. The molecule has 0 aromatic carbocycles. The van der Waals surface area contributed by atoms with E-state index in [2.05, 4.69) is 20.6 Å². The summed E-state index contributed by atoms with van der Waals surface area (Å²) in [4.78, 5) is 19.6. The van der Waals surface area contributed by atoms with Gasteiger partial charge in [0.1, 0.15) is 5.69 Å². The number of nitrogens with zero attached hydrogens (tertiary/aromatic N) is 1. The third-order valence-electron chi connectivity index (χ3n) is 3.47. The molecule has 2 aromatic heterocycles. The number of hydrogen-bond donors (Lipinski definition) is 3. The smallest absolute Gasteiger partial charge is 0.267 e. The molecule has 5 nitrogen and oxygen atoms in total. The minimum absolute atomic E-state index is 0.0445. The summed E-state index contributed by atoms with van der Waals surface area (Å²) in [6.45, 7) is 3.87. The van der Waals surface area contributed by atoms with Gasteiger partial charge in [0.05, 0.1) is 10.7 Å². The number of piperidine rings is 1. The minimum Gasteiger partial charge on any atom is -0.357 e. The first kappa shape index (κ1) is 13.3. The number of rotatable bonds is 3. The van der Waals surface area contributed by atoms with Crippen LogP contribution in [0.2, 0.25) is 0 Å². The average molecular weight is 290 g/mol. The molecule has 3 rings (SSSR count). The maximum absolute atomic E-state index is 12.2. The summed E-state index contributed by atoms with van der Waals surface area (Å²) < 4.78 is 0. The van der Waals surface area contributed by atoms with E-state index in [9.17, 15) is 4.79 Å². The van der Waals surface area contributed by atoms with E-state index in [0.29, 0.717) is 5.69 Å². The van der Waals surface area contributed by atoms with Crippen LogP contribution < -0.4 is 10.6 Å². The van der Waals surface area contributed by atoms with Crippen molar-refractivity contribution in [1.82, 2.24) is 20.6 Å². The van der Waals surface area contributed by atoms with Crippen molar-refractivity contribution in [3.63, 3.8) is 0 Å². The normalized spacial score (nSPS) is 18.9. The number of aromatic amines is 1. The van der Waals surface area contributed by atoms with Gasteiger partial charge < -0.3 is 15.6 Å². The molecule has 1 unspecified atom stereocenters. The fraction of sp³-hybridized carbons (Fsp3) is 0.429. The van der Waals surface area contributed by atoms with Gasteiger partial charge in [-0.2, -0.15) is 0 Å². The van der Waals surface area contributed by atoms with Crippen LogP contribution in [-0.2, 0) is 0 Å². The number of amides is 1. The van der Waals surface area contributed by atoms with Gasteiger partial charge in [0.15, 0.2) is 0 Å². The molecule has 0 bridgehead atoms. The van der Waals surface area contributed by atoms with Gasteiger partial charge in [0.2, 0.25) is 0 Å². The van der Waals surface area contributed by atoms with Gasteiger partial charge in [-0.05, 0) is 32.4 Å². The van der Waals surface area contributed by atoms with Crippen molar-refractivity contribution in [3.8, 4) is 11.3 Å². The van der Waals surface area contributed by atoms with Crippen molar-refractivity contribution in [2.75, 3.05) is 13.1 Å². The predicted octanol–water partition coefficient (Wildman–Crippen LogP) is 1.93. The van der Waals surface area contributed by atoms with Crippen LogP contribution in [0.25, 0.3) is 11.3 Å². The van der Waals surface area contributed by atoms with Crippen LogP contribution in [0.5, 0.6) is 0 Å². The zero-order valence-electron chi connectivity index (χ0n) is 11.4. The lowest BCUT2D eigenvalue weighted by Crippen LogP contribution is -2.45. The number of hydrogen-bond acceptors (Lipinski definition) is 4. The lowest BCUT2D eigenvalue weighted by atomic mass is 10.1. The van der Waals surface area contributed by atoms with Crippen molar-refractivity contribution < 1.29 is 4.79 Å². The SMILES string of the molecule is Cc1nc(-c2c[nH]c(C(=O)NC3CCCNC3)c2)cs1. The molecule has 1 fully saturated rings. The molecule has 0 radical (unpaired) electrons. The second kappa shape index (κ2) is 5.76. The highest BCUT2D eigenvalue weighted by Crippen LogP contribution is 2.22. The zero-order chi connectivity index (χ0) is 13.9. The molecule has 0 spiro atoms. The standard InChI is InChI=1S/C14H18N4OS/c1-9-17-13(8-20-9)10-5-12(16-6-10)14(19)18-11-3-2-4-15-7-11/h5-6,8,11,15-16H,2-4,7H2,1H3,(H,18,19). The number of aromatic nitrogens is 2. The molecule has 0 aliphatic carbocycles. The van der Waals surface area contributed by atoms with Gasteiger partial charge in [-0.1, -0.05) is 0 Å². The highest BCUT2D eigenvalue weighted by atomic mass is 32.1. The molecule has 3 N–H and O–H groups in total. The zero-order valence-corrected chi connectivity index (χ0v) is 12.2. The van der Waals surface area contributed by atoms with Gasteiger partial charge in [-0.15, -0.1) is 11.3 Å². The quantitative estimate of drug-likeness (QED) is 0.809. The number of carbonyl (C=O) groups is 1. The minimum atomic E-state index is -0.0445. The van der Waals surface area contributed by atoms with Crippen molar-refractivity contribution >= 4 is 17.2 Å². The Balaban J connectivity index is 1.68. The fourth-order valence-electron chi connectivity index (χ4n) is 2.41. The van der Waals surface area contributed by atoms with Gasteiger partial charge in [-0.3, -0.25) is 4.79 Å². The highest BCUT2D eigenvalue weighted by Gasteiger charge is 2.17. The molecule has 106 valence electrons. The van der Waals surface area contributed by atoms with E-state index < -0.39 is 0 Å². The molecule has 1 aliphatic rings. The summed E-state index contributed by atoms with van der Waals surface area (Å²) in [5, 5.41) is 9.38. The molecule has 2 aromatic rings. The van der Waals surface area contributed by atoms with Crippen molar-refractivity contribution in [2.45, 2.75) is 25.8 Å². The maximum Gasteiger partial charge on any atom is 0.267 e. The number of thiazole rings is 1. The largest absolute Gasteiger partial charge is 0.357 e. The molecular formula is C14H18N4OS. The van der Waals surface area contributed by atoms with Crippen LogP contribution in [0.3, 0.4) is 0 Å². The monoisotopic (exact) mass is 290 g/mol. The Kier molecular flexibility index (Phi) is 3.84. The van der Waals surface area contributed by atoms with E-state index in [4.69, 9.17) is 0 Å². The third-order valence-corrected chi connectivity index (χ3v) is 4.25. The van der Waals surface area contributed by atoms with Crippen molar-refractivity contribution in [3.05, 3.63) is 28.3 Å². The van der Waals surface area contributed by atoms with E-state index in [1.165, 1.54) is 0 Å². The molecule has 1 saturated heterocycles. The first-order valence-corrected chi connectivity index (χ1v) is 7.73. The number of carbonyl (C=O) groups excluding carboxylic acids is 1. The maximum atomic E-state index is 12.2. The number of nitrogens with one attached hydrogen (secondary N) is 3. The van der Waals surface area contributed by atoms with E-state index in [1.54, 1.807) is 11.3 Å². The van der Waals surface area contributed by atoms with Crippen LogP contribution >= 0.6 is 11.3 Å². The predicted molar refractivity (Wildman–Crippen MR) is 80.0 cm³/mol. The topological polar surface area (TPSA) is 69.8 Å². The van der Waals surface area contributed by atoms with E-state index >= 15 is 0 Å². The van der Waals surface area contributed by atoms with Crippen LogP contribution in [-0.4, -0.2) is 35.0 Å². The lowest BCUT2D eigenvalue weighted by Gasteiger charge is -2.23.